The number of amides is 6. The van der Waals surface area contributed by atoms with E-state index >= 15 is 0 Å². The molecule has 1 aromatic heterocycles. The van der Waals surface area contributed by atoms with Crippen LogP contribution in [0.5, 0.6) is 17.2 Å². The molecular formula is C127H135N13O9S. The largest absolute Gasteiger partial charge is 0.497 e. The zero-order valence-corrected chi connectivity index (χ0v) is 86.7. The number of hydrogen-bond donors (Lipinski definition) is 6. The third-order valence-electron chi connectivity index (χ3n) is 31.1. The van der Waals surface area contributed by atoms with Gasteiger partial charge in [-0.2, -0.15) is 0 Å². The van der Waals surface area contributed by atoms with E-state index < -0.39 is 0 Å². The van der Waals surface area contributed by atoms with Gasteiger partial charge in [0.05, 0.1) is 51.4 Å². The van der Waals surface area contributed by atoms with Crippen LogP contribution in [0.1, 0.15) is 155 Å². The number of nitrogens with zero attached hydrogens (tertiary/aromatic N) is 10. The Hall–Kier alpha value is -14.5. The van der Waals surface area contributed by atoms with Crippen molar-refractivity contribution in [1.29, 1.82) is 0 Å². The van der Waals surface area contributed by atoms with Gasteiger partial charge in [-0.15, -0.1) is 0 Å². The molecule has 0 bridgehead atoms. The molecule has 13 aromatic rings. The van der Waals surface area contributed by atoms with Crippen LogP contribution in [0.2, 0.25) is 0 Å². The monoisotopic (exact) mass is 2020 g/mol. The van der Waals surface area contributed by atoms with Gasteiger partial charge in [-0.3, -0.25) is 19.6 Å². The summed E-state index contributed by atoms with van der Waals surface area (Å²) in [4.78, 5) is 65.7. The molecule has 10 heterocycles. The van der Waals surface area contributed by atoms with Crippen molar-refractivity contribution in [2.24, 2.45) is 0 Å². The Kier molecular flexibility index (Phi) is 35.4. The number of para-hydroxylation sites is 1. The van der Waals surface area contributed by atoms with Crippen molar-refractivity contribution in [3.63, 3.8) is 0 Å². The highest BCUT2D eigenvalue weighted by molar-refractivity contribution is 7.22. The predicted molar refractivity (Wildman–Crippen MR) is 600 cm³/mol. The van der Waals surface area contributed by atoms with E-state index in [1.54, 1.807) is 32.7 Å². The summed E-state index contributed by atoms with van der Waals surface area (Å²) in [5.74, 6) is 29.3. The van der Waals surface area contributed by atoms with E-state index in [4.69, 9.17) is 19.2 Å². The number of fused-ring (bicyclic) bond motifs is 5. The standard InChI is InChI=1S/C34H38N4O2.C32H35N3O3.C31H33N3O3.C30H29N3OS/c1-40-30-18-16-29(17-19-30)35-34(39)37-22-5-6-23-38-31(24-36-20-7-21-36)33(32(38)25-37)28-14-12-27(13-15-28)11-10-26-8-3-2-4-9-26;1-38-28-18-16-27(17-19-28)33-32(37)34-20-6-3-7-21-35-29(22-34)31(30(35)23-36)26-14-12-25(13-15-26)11-10-24-8-4-2-5-9-24;1-37-27-17-15-26(16-18-27)32-31(36)33-19-5-6-20-34-28(21-33)30(29(34)22-35)25-13-11-24(12-14-25)10-9-23-7-3-2-4-8-23;34-21-27-29(24-16-14-23(15-17-24)13-12-22-8-2-1-3-9-22)26-20-32(18-6-7-19-33(26)27)30-31-25-10-4-5-11-28(25)35-30/h2-4,8-9,12-19,31-33H,5-7,20-25H2,1H3,(H,35,39);2,4-5,8-9,12-19,29-31,36H,3,6-7,20-23H2,1H3,(H,33,37);2-4,7-8,11-18,28-30,35H,5-6,19-22H2,1H3,(H,32,36);1-5,8-11,14-17,26-27,29,34H,6-7,18-21H2/t31-,32+,33+;29-,30+,31+;28-,29+,30+;26-,27+,29+/m1000/s1. The topological polar surface area (TPSA) is 218 Å². The summed E-state index contributed by atoms with van der Waals surface area (Å²) in [6.45, 7) is 14.1. The SMILES string of the molecule is COc1ccc(NC(=O)N2CCCCCN3[C@H](CO)[C@H](c4ccc(C#Cc5ccccc5)cc4)[C@@H]3C2)cc1.COc1ccc(NC(=O)N2CCCCN3[C@H](CN4CCC4)[C@H](c4ccc(C#Cc5ccccc5)cc4)[C@@H]3C2)cc1.COc1ccc(NC(=O)N2CCCCN3[C@H](CO)[C@H](c4ccc(C#Cc5ccccc5)cc4)[C@@H]3C2)cc1.OC[C@@H]1[C@H](c2ccc(C#Cc3ccccc3)cc2)[C@@H]2CN(c3nc4ccccc4s3)CCCCN12. The average Bonchev–Trinajstić information content (AvgIpc) is 1.06. The van der Waals surface area contributed by atoms with Crippen LogP contribution in [-0.4, -0.2) is 265 Å². The van der Waals surface area contributed by atoms with Gasteiger partial charge in [0, 0.05) is 192 Å². The minimum Gasteiger partial charge on any atom is -0.497 e. The fourth-order valence-electron chi connectivity index (χ4n) is 22.9. The maximum atomic E-state index is 13.4. The van der Waals surface area contributed by atoms with Gasteiger partial charge in [0.2, 0.25) is 0 Å². The fraction of sp³-hybridized carbons (Fsp3) is 0.339. The Morgan fingerprint density at radius 1 is 0.300 bits per heavy atom. The van der Waals surface area contributed by atoms with E-state index in [0.717, 1.165) is 219 Å². The van der Waals surface area contributed by atoms with Crippen LogP contribution < -0.4 is 35.1 Å². The zero-order chi connectivity index (χ0) is 103. The number of carbonyl (C=O) groups is 3. The molecule has 9 aliphatic heterocycles. The molecule has 6 amide bonds. The van der Waals surface area contributed by atoms with E-state index in [-0.39, 0.29) is 80.0 Å². The number of benzene rings is 12. The lowest BCUT2D eigenvalue weighted by Gasteiger charge is -2.59. The number of methoxy groups -OCH3 is 3. The maximum Gasteiger partial charge on any atom is 0.321 e. The van der Waals surface area contributed by atoms with E-state index in [2.05, 4.69) is 214 Å². The van der Waals surface area contributed by atoms with Crippen molar-refractivity contribution in [2.75, 3.05) is 160 Å². The summed E-state index contributed by atoms with van der Waals surface area (Å²) in [6.07, 6.45) is 10.8. The molecule has 0 radical (unpaired) electrons. The minimum atomic E-state index is -0.0928. The number of urea groups is 3. The first-order valence-corrected chi connectivity index (χ1v) is 54.1. The molecule has 12 atom stereocenters. The van der Waals surface area contributed by atoms with E-state index in [9.17, 15) is 29.7 Å². The molecular weight excluding hydrogens is 1880 g/mol. The second-order valence-electron chi connectivity index (χ2n) is 40.2. The van der Waals surface area contributed by atoms with Crippen molar-refractivity contribution in [1.82, 2.24) is 44.2 Å². The van der Waals surface area contributed by atoms with Crippen molar-refractivity contribution in [3.8, 4) is 64.6 Å². The first-order valence-electron chi connectivity index (χ1n) is 53.3. The van der Waals surface area contributed by atoms with Crippen LogP contribution >= 0.6 is 11.3 Å². The predicted octanol–water partition coefficient (Wildman–Crippen LogP) is 19.9. The molecule has 0 unspecified atom stereocenters. The van der Waals surface area contributed by atoms with Gasteiger partial charge < -0.3 is 70.0 Å². The highest BCUT2D eigenvalue weighted by atomic mass is 32.1. The number of anilines is 4. The zero-order valence-electron chi connectivity index (χ0n) is 85.9. The molecule has 6 N–H and O–H groups in total. The first-order chi connectivity index (χ1) is 73.8. The molecule has 9 saturated heterocycles. The molecule has 150 heavy (non-hydrogen) atoms. The van der Waals surface area contributed by atoms with Gasteiger partial charge >= 0.3 is 18.1 Å². The van der Waals surface area contributed by atoms with Crippen LogP contribution in [0.15, 0.2) is 315 Å². The number of likely N-dealkylation sites (tertiary alicyclic amines) is 1. The maximum absolute atomic E-state index is 13.4. The van der Waals surface area contributed by atoms with Crippen LogP contribution in [0.25, 0.3) is 10.2 Å². The first kappa shape index (κ1) is 104. The summed E-state index contributed by atoms with van der Waals surface area (Å²) in [5.41, 5.74) is 16.4. The lowest BCUT2D eigenvalue weighted by atomic mass is 9.73. The Balaban J connectivity index is 0.000000126. The van der Waals surface area contributed by atoms with Crippen LogP contribution in [0.4, 0.5) is 36.6 Å². The number of aromatic nitrogens is 1. The third-order valence-corrected chi connectivity index (χ3v) is 32.2. The number of thiazole rings is 1. The van der Waals surface area contributed by atoms with Crippen LogP contribution in [0.3, 0.4) is 0 Å². The Morgan fingerprint density at radius 2 is 0.573 bits per heavy atom. The van der Waals surface area contributed by atoms with Crippen molar-refractivity contribution < 1.29 is 43.9 Å². The van der Waals surface area contributed by atoms with Crippen LogP contribution in [-0.2, 0) is 0 Å². The van der Waals surface area contributed by atoms with Crippen LogP contribution in [0, 0.1) is 47.4 Å². The minimum absolute atomic E-state index is 0.0245. The Morgan fingerprint density at radius 3 is 0.880 bits per heavy atom. The number of hydrogen-bond acceptors (Lipinski definition) is 17. The number of aliphatic hydroxyl groups is 3. The lowest BCUT2D eigenvalue weighted by Crippen LogP contribution is -2.70. The van der Waals surface area contributed by atoms with Crippen molar-refractivity contribution in [2.45, 2.75) is 136 Å². The molecule has 9 aliphatic rings. The quantitative estimate of drug-likeness (QED) is 0.0496. The molecule has 768 valence electrons. The average molecular weight is 2020 g/mol. The van der Waals surface area contributed by atoms with Gasteiger partial charge in [-0.25, -0.2) is 19.4 Å². The molecule has 9 fully saturated rings. The van der Waals surface area contributed by atoms with Gasteiger partial charge in [0.15, 0.2) is 5.13 Å². The Bertz CT molecular complexity index is 6840. The molecule has 0 spiro atoms. The highest BCUT2D eigenvalue weighted by Gasteiger charge is 2.54. The number of rotatable bonds is 16. The third kappa shape index (κ3) is 25.8. The summed E-state index contributed by atoms with van der Waals surface area (Å²) in [7, 11) is 4.90. The summed E-state index contributed by atoms with van der Waals surface area (Å²) < 4.78 is 16.9. The van der Waals surface area contributed by atoms with Crippen molar-refractivity contribution in [3.05, 3.63) is 382 Å². The second kappa shape index (κ2) is 51.1. The van der Waals surface area contributed by atoms with Gasteiger partial charge in [-0.1, -0.05) is 199 Å². The van der Waals surface area contributed by atoms with Crippen molar-refractivity contribution >= 4 is 61.8 Å². The van der Waals surface area contributed by atoms with Gasteiger partial charge in [0.25, 0.3) is 0 Å². The number of ether oxygens (including phenoxy) is 3. The van der Waals surface area contributed by atoms with Gasteiger partial charge in [-0.05, 0) is 301 Å². The second-order valence-corrected chi connectivity index (χ2v) is 41.2. The number of carbonyl (C=O) groups excluding carboxylic acids is 3. The number of aliphatic hydroxyl groups excluding tert-OH is 3. The fourth-order valence-corrected chi connectivity index (χ4v) is 23.9. The molecule has 12 aromatic carbocycles. The molecule has 0 aliphatic carbocycles. The van der Waals surface area contributed by atoms with Gasteiger partial charge in [0.1, 0.15) is 17.2 Å². The number of nitrogens with one attached hydrogen (secondary N) is 3. The normalized spacial score (nSPS) is 22.0. The highest BCUT2D eigenvalue weighted by Crippen LogP contribution is 2.48. The summed E-state index contributed by atoms with van der Waals surface area (Å²) in [5, 5.41) is 41.1. The summed E-state index contributed by atoms with van der Waals surface area (Å²) >= 11 is 1.79. The molecule has 0 saturated carbocycles. The molecule has 23 heteroatoms. The molecule has 22 rings (SSSR count). The Labute approximate surface area is 887 Å². The van der Waals surface area contributed by atoms with E-state index in [1.165, 1.54) is 46.5 Å². The smallest absolute Gasteiger partial charge is 0.321 e. The summed E-state index contributed by atoms with van der Waals surface area (Å²) in [6, 6.07) is 107. The lowest BCUT2D eigenvalue weighted by molar-refractivity contribution is -0.0585. The molecule has 22 nitrogen and oxygen atoms in total. The van der Waals surface area contributed by atoms with E-state index in [1.807, 2.05) is 209 Å². The van der Waals surface area contributed by atoms with E-state index in [0.29, 0.717) is 43.1 Å².